The number of ether oxygens (including phenoxy) is 2. The van der Waals surface area contributed by atoms with Crippen molar-refractivity contribution in [2.45, 2.75) is 69.7 Å². The number of rotatable bonds is 6. The molecule has 0 aliphatic carbocycles. The number of halogens is 1. The molecule has 190 valence electrons. The van der Waals surface area contributed by atoms with Crippen molar-refractivity contribution in [3.8, 4) is 5.75 Å². The number of hydrogen-bond donors (Lipinski definition) is 0. The van der Waals surface area contributed by atoms with E-state index in [0.717, 1.165) is 5.56 Å². The lowest BCUT2D eigenvalue weighted by Gasteiger charge is -2.47. The van der Waals surface area contributed by atoms with Gasteiger partial charge in [0.1, 0.15) is 17.2 Å². The third kappa shape index (κ3) is 5.70. The lowest BCUT2D eigenvalue weighted by atomic mass is 9.81. The molecule has 2 aliphatic heterocycles. The zero-order valence-corrected chi connectivity index (χ0v) is 21.6. The van der Waals surface area contributed by atoms with E-state index in [1.807, 2.05) is 27.7 Å². The van der Waals surface area contributed by atoms with Gasteiger partial charge in [-0.1, -0.05) is 13.8 Å². The third-order valence-electron chi connectivity index (χ3n) is 6.61. The summed E-state index contributed by atoms with van der Waals surface area (Å²) in [5.74, 6) is 0.304. The largest absolute Gasteiger partial charge is 0.487 e. The van der Waals surface area contributed by atoms with Crippen molar-refractivity contribution >= 4 is 15.7 Å². The Labute approximate surface area is 207 Å². The highest BCUT2D eigenvalue weighted by molar-refractivity contribution is 7.91. The van der Waals surface area contributed by atoms with Crippen LogP contribution in [0.1, 0.15) is 69.0 Å². The molecule has 1 saturated heterocycles. The maximum absolute atomic E-state index is 13.9. The highest BCUT2D eigenvalue weighted by Crippen LogP contribution is 2.46. The molecule has 35 heavy (non-hydrogen) atoms. The minimum Gasteiger partial charge on any atom is -0.487 e. The third-order valence-corrected chi connectivity index (χ3v) is 8.71. The first-order chi connectivity index (χ1) is 16.5. The quantitative estimate of drug-likeness (QED) is 0.543. The number of nitrogens with zero attached hydrogens (tertiary/aromatic N) is 1. The van der Waals surface area contributed by atoms with Gasteiger partial charge >= 0.3 is 0 Å². The summed E-state index contributed by atoms with van der Waals surface area (Å²) in [4.78, 5) is 15.1. The van der Waals surface area contributed by atoms with Gasteiger partial charge in [-0.05, 0) is 62.2 Å². The molecule has 2 aromatic rings. The number of sulfone groups is 1. The van der Waals surface area contributed by atoms with Crippen LogP contribution in [0.5, 0.6) is 5.75 Å². The summed E-state index contributed by atoms with van der Waals surface area (Å²) in [6.07, 6.45) is 1.59. The molecule has 1 fully saturated rings. The van der Waals surface area contributed by atoms with Crippen molar-refractivity contribution in [3.05, 3.63) is 59.4 Å². The molecule has 0 radical (unpaired) electrons. The van der Waals surface area contributed by atoms with Crippen LogP contribution < -0.4 is 4.74 Å². The highest BCUT2D eigenvalue weighted by atomic mass is 32.2. The Kier molecular flexibility index (Phi) is 7.25. The fraction of sp³-hybridized carbons (Fsp3) is 0.519. The molecule has 2 heterocycles. The first kappa shape index (κ1) is 25.6. The molecule has 1 atom stereocenters. The van der Waals surface area contributed by atoms with Gasteiger partial charge in [0.15, 0.2) is 9.84 Å². The Morgan fingerprint density at radius 1 is 1.11 bits per heavy atom. The van der Waals surface area contributed by atoms with Crippen molar-refractivity contribution in [2.24, 2.45) is 5.92 Å². The van der Waals surface area contributed by atoms with E-state index in [0.29, 0.717) is 43.7 Å². The number of fused-ring (bicyclic) bond motifs is 1. The molecule has 1 spiro atoms. The summed E-state index contributed by atoms with van der Waals surface area (Å²) in [6, 6.07) is 10.8. The first-order valence-corrected chi connectivity index (χ1v) is 13.9. The Hall–Kier alpha value is -2.45. The zero-order chi connectivity index (χ0) is 25.4. The lowest BCUT2D eigenvalue weighted by Crippen LogP contribution is -2.52. The molecule has 0 bridgehead atoms. The van der Waals surface area contributed by atoms with Crippen molar-refractivity contribution < 1.29 is 27.1 Å². The highest BCUT2D eigenvalue weighted by Gasteiger charge is 2.44. The summed E-state index contributed by atoms with van der Waals surface area (Å²) in [7, 11) is -3.36. The summed E-state index contributed by atoms with van der Waals surface area (Å²) in [5, 5.41) is 0. The molecule has 2 aromatic carbocycles. The summed E-state index contributed by atoms with van der Waals surface area (Å²) < 4.78 is 51.3. The molecule has 8 heteroatoms. The second-order valence-corrected chi connectivity index (χ2v) is 12.4. The Morgan fingerprint density at radius 2 is 1.77 bits per heavy atom. The van der Waals surface area contributed by atoms with Crippen molar-refractivity contribution in [3.63, 3.8) is 0 Å². The fourth-order valence-corrected chi connectivity index (χ4v) is 6.60. The maximum atomic E-state index is 13.9. The summed E-state index contributed by atoms with van der Waals surface area (Å²) in [6.45, 7) is 8.67. The van der Waals surface area contributed by atoms with E-state index in [4.69, 9.17) is 9.47 Å². The van der Waals surface area contributed by atoms with Crippen LogP contribution in [0.25, 0.3) is 0 Å². The van der Waals surface area contributed by atoms with Crippen LogP contribution in [0.2, 0.25) is 0 Å². The van der Waals surface area contributed by atoms with Gasteiger partial charge in [-0.2, -0.15) is 0 Å². The van der Waals surface area contributed by atoms with Crippen LogP contribution >= 0.6 is 0 Å². The number of benzene rings is 2. The first-order valence-electron chi connectivity index (χ1n) is 12.2. The van der Waals surface area contributed by atoms with Gasteiger partial charge < -0.3 is 14.4 Å². The van der Waals surface area contributed by atoms with E-state index < -0.39 is 15.4 Å². The van der Waals surface area contributed by atoms with Gasteiger partial charge in [-0.15, -0.1) is 0 Å². The van der Waals surface area contributed by atoms with E-state index in [9.17, 15) is 17.6 Å². The lowest BCUT2D eigenvalue weighted by molar-refractivity contribution is -0.0873. The Balaban J connectivity index is 1.45. The predicted molar refractivity (Wildman–Crippen MR) is 132 cm³/mol. The smallest absolute Gasteiger partial charge is 0.253 e. The van der Waals surface area contributed by atoms with Crippen molar-refractivity contribution in [1.82, 2.24) is 4.90 Å². The standard InChI is InChI=1S/C27H34FNO5S/c1-18(2)17-35(31,32)22-8-5-20(6-9-22)26(30)29-13-11-27(12-14-29)16-25(33-19(3)4)23-15-21(28)7-10-24(23)34-27/h5-10,15,18-19,25H,11-14,16-17H2,1-4H3/t25-/m1/s1. The van der Waals surface area contributed by atoms with Crippen LogP contribution in [-0.2, 0) is 14.6 Å². The number of carbonyl (C=O) groups excluding carboxylic acids is 1. The van der Waals surface area contributed by atoms with Crippen LogP contribution in [0.3, 0.4) is 0 Å². The average molecular weight is 504 g/mol. The van der Waals surface area contributed by atoms with Crippen molar-refractivity contribution in [1.29, 1.82) is 0 Å². The average Bonchev–Trinajstić information content (AvgIpc) is 2.79. The Bertz CT molecular complexity index is 1170. The van der Waals surface area contributed by atoms with E-state index in [1.165, 1.54) is 24.3 Å². The second kappa shape index (κ2) is 9.90. The van der Waals surface area contributed by atoms with Gasteiger partial charge in [-0.25, -0.2) is 12.8 Å². The molecular weight excluding hydrogens is 469 g/mol. The van der Waals surface area contributed by atoms with Crippen LogP contribution in [0.4, 0.5) is 4.39 Å². The molecule has 4 rings (SSSR count). The van der Waals surface area contributed by atoms with Gasteiger partial charge in [0.2, 0.25) is 0 Å². The molecule has 0 aromatic heterocycles. The maximum Gasteiger partial charge on any atom is 0.253 e. The molecule has 0 N–H and O–H groups in total. The van der Waals surface area contributed by atoms with Crippen LogP contribution in [0, 0.1) is 11.7 Å². The second-order valence-electron chi connectivity index (χ2n) is 10.3. The van der Waals surface area contributed by atoms with Gasteiger partial charge in [0, 0.05) is 43.5 Å². The molecule has 0 saturated carbocycles. The normalized spacial score (nSPS) is 19.6. The van der Waals surface area contributed by atoms with E-state index in [2.05, 4.69) is 0 Å². The SMILES string of the molecule is CC(C)CS(=O)(=O)c1ccc(C(=O)N2CCC3(CC2)C[C@@H](OC(C)C)c2cc(F)ccc2O3)cc1. The molecular formula is C27H34FNO5S. The topological polar surface area (TPSA) is 72.9 Å². The van der Waals surface area contributed by atoms with E-state index in [1.54, 1.807) is 23.1 Å². The molecule has 1 amide bonds. The number of carbonyl (C=O) groups is 1. The minimum absolute atomic E-state index is 0.0136. The number of amides is 1. The van der Waals surface area contributed by atoms with Crippen LogP contribution in [0.15, 0.2) is 47.4 Å². The van der Waals surface area contributed by atoms with Crippen LogP contribution in [-0.4, -0.2) is 49.8 Å². The number of likely N-dealkylation sites (tertiary alicyclic amines) is 1. The minimum atomic E-state index is -3.36. The fourth-order valence-electron chi connectivity index (χ4n) is 4.98. The predicted octanol–water partition coefficient (Wildman–Crippen LogP) is 5.18. The molecule has 0 unspecified atom stereocenters. The Morgan fingerprint density at radius 3 is 2.37 bits per heavy atom. The summed E-state index contributed by atoms with van der Waals surface area (Å²) >= 11 is 0. The van der Waals surface area contributed by atoms with Gasteiger partial charge in [-0.3, -0.25) is 4.79 Å². The molecule has 2 aliphatic rings. The molecule has 6 nitrogen and oxygen atoms in total. The summed E-state index contributed by atoms with van der Waals surface area (Å²) in [5.41, 5.74) is 0.724. The monoisotopic (exact) mass is 503 g/mol. The number of hydrogen-bond acceptors (Lipinski definition) is 5. The van der Waals surface area contributed by atoms with Gasteiger partial charge in [0.25, 0.3) is 5.91 Å². The van der Waals surface area contributed by atoms with Gasteiger partial charge in [0.05, 0.1) is 22.9 Å². The van der Waals surface area contributed by atoms with E-state index >= 15 is 0 Å². The number of piperidine rings is 1. The zero-order valence-electron chi connectivity index (χ0n) is 20.8. The van der Waals surface area contributed by atoms with E-state index in [-0.39, 0.29) is 40.5 Å². The van der Waals surface area contributed by atoms with Crippen molar-refractivity contribution in [2.75, 3.05) is 18.8 Å².